The summed E-state index contributed by atoms with van der Waals surface area (Å²) in [5.41, 5.74) is 1.64. The highest BCUT2D eigenvalue weighted by molar-refractivity contribution is 5.10. The molecule has 0 amide bonds. The zero-order valence-electron chi connectivity index (χ0n) is 10.9. The van der Waals surface area contributed by atoms with Crippen molar-refractivity contribution in [2.75, 3.05) is 19.6 Å². The van der Waals surface area contributed by atoms with Gasteiger partial charge in [0.2, 0.25) is 0 Å². The summed E-state index contributed by atoms with van der Waals surface area (Å²) in [5.74, 6) is 0. The Balaban J connectivity index is 2.05. The molecule has 0 atom stereocenters. The summed E-state index contributed by atoms with van der Waals surface area (Å²) in [6.45, 7) is 9.17. The van der Waals surface area contributed by atoms with Crippen LogP contribution in [0.3, 0.4) is 0 Å². The van der Waals surface area contributed by atoms with Gasteiger partial charge in [0.1, 0.15) is 0 Å². The Morgan fingerprint density at radius 1 is 1.29 bits per heavy atom. The van der Waals surface area contributed by atoms with E-state index in [4.69, 9.17) is 0 Å². The van der Waals surface area contributed by atoms with E-state index in [-0.39, 0.29) is 5.54 Å². The van der Waals surface area contributed by atoms with Gasteiger partial charge in [0, 0.05) is 31.0 Å². The molecule has 0 saturated carbocycles. The van der Waals surface area contributed by atoms with Crippen LogP contribution in [0, 0.1) is 0 Å². The zero-order chi connectivity index (χ0) is 12.1. The predicted octanol–water partition coefficient (Wildman–Crippen LogP) is 2.05. The number of hydrogen-bond donors (Lipinski definition) is 1. The molecule has 2 rings (SSSR count). The molecule has 0 aliphatic carbocycles. The lowest BCUT2D eigenvalue weighted by atomic mass is 9.95. The first kappa shape index (κ1) is 12.5. The lowest BCUT2D eigenvalue weighted by molar-refractivity contribution is 0.0925. The Hall–Kier alpha value is -0.930. The number of hydrogen-bond acceptors (Lipinski definition) is 3. The lowest BCUT2D eigenvalue weighted by Crippen LogP contribution is -2.48. The summed E-state index contributed by atoms with van der Waals surface area (Å²) in [4.78, 5) is 6.68. The minimum atomic E-state index is 0.274. The van der Waals surface area contributed by atoms with Crippen LogP contribution >= 0.6 is 0 Å². The van der Waals surface area contributed by atoms with Gasteiger partial charge < -0.3 is 5.32 Å². The average molecular weight is 233 g/mol. The molecule has 1 N–H and O–H groups in total. The maximum atomic E-state index is 4.08. The van der Waals surface area contributed by atoms with Gasteiger partial charge in [0.15, 0.2) is 0 Å². The molecular weight excluding hydrogens is 210 g/mol. The van der Waals surface area contributed by atoms with Gasteiger partial charge in [-0.05, 0) is 57.5 Å². The Morgan fingerprint density at radius 2 is 2.06 bits per heavy atom. The van der Waals surface area contributed by atoms with Crippen LogP contribution in [0.25, 0.3) is 0 Å². The molecule has 1 aliphatic heterocycles. The minimum Gasteiger partial charge on any atom is -0.317 e. The van der Waals surface area contributed by atoms with Crippen LogP contribution in [0.4, 0.5) is 0 Å². The average Bonchev–Trinajstić information content (AvgIpc) is 2.31. The van der Waals surface area contributed by atoms with Crippen LogP contribution in [0.2, 0.25) is 0 Å². The Kier molecular flexibility index (Phi) is 4.13. The molecule has 0 bridgehead atoms. The van der Waals surface area contributed by atoms with E-state index in [0.29, 0.717) is 0 Å². The molecule has 0 unspecified atom stereocenters. The second-order valence-corrected chi connectivity index (χ2v) is 5.44. The summed E-state index contributed by atoms with van der Waals surface area (Å²) in [7, 11) is 0. The fraction of sp³-hybridized carbons (Fsp3) is 0.643. The van der Waals surface area contributed by atoms with Crippen molar-refractivity contribution < 1.29 is 0 Å². The number of rotatable bonds is 2. The first-order valence-corrected chi connectivity index (χ1v) is 6.53. The van der Waals surface area contributed by atoms with Crippen molar-refractivity contribution in [2.24, 2.45) is 0 Å². The minimum absolute atomic E-state index is 0.274. The van der Waals surface area contributed by atoms with E-state index in [9.17, 15) is 0 Å². The third-order valence-electron chi connectivity index (χ3n) is 3.67. The van der Waals surface area contributed by atoms with Crippen molar-refractivity contribution in [1.29, 1.82) is 0 Å². The van der Waals surface area contributed by atoms with Gasteiger partial charge in [-0.2, -0.15) is 0 Å². The maximum Gasteiger partial charge on any atom is 0.0271 e. The molecule has 0 spiro atoms. The van der Waals surface area contributed by atoms with E-state index in [1.165, 1.54) is 24.9 Å². The second-order valence-electron chi connectivity index (χ2n) is 5.44. The number of pyridine rings is 1. The van der Waals surface area contributed by atoms with Crippen LogP contribution in [-0.2, 0) is 6.54 Å². The molecule has 0 aromatic carbocycles. The molecule has 1 saturated heterocycles. The van der Waals surface area contributed by atoms with Gasteiger partial charge in [-0.3, -0.25) is 9.88 Å². The third kappa shape index (κ3) is 3.51. The molecule has 1 fully saturated rings. The van der Waals surface area contributed by atoms with Gasteiger partial charge in [-0.25, -0.2) is 0 Å². The van der Waals surface area contributed by atoms with E-state index in [2.05, 4.69) is 41.2 Å². The molecule has 1 aromatic heterocycles. The van der Waals surface area contributed by atoms with Crippen LogP contribution < -0.4 is 5.32 Å². The normalized spacial score (nSPS) is 21.8. The zero-order valence-corrected chi connectivity index (χ0v) is 10.9. The quantitative estimate of drug-likeness (QED) is 0.847. The van der Waals surface area contributed by atoms with Crippen molar-refractivity contribution in [3.63, 3.8) is 0 Å². The summed E-state index contributed by atoms with van der Waals surface area (Å²) in [6.07, 6.45) is 6.20. The van der Waals surface area contributed by atoms with Crippen molar-refractivity contribution >= 4 is 0 Å². The third-order valence-corrected chi connectivity index (χ3v) is 3.67. The highest BCUT2D eigenvalue weighted by atomic mass is 15.2. The van der Waals surface area contributed by atoms with Crippen LogP contribution in [-0.4, -0.2) is 35.1 Å². The number of aromatic nitrogens is 1. The number of nitrogens with zero attached hydrogens (tertiary/aromatic N) is 2. The van der Waals surface area contributed by atoms with E-state index >= 15 is 0 Å². The molecule has 0 radical (unpaired) electrons. The van der Waals surface area contributed by atoms with Crippen molar-refractivity contribution in [3.05, 3.63) is 30.1 Å². The first-order valence-electron chi connectivity index (χ1n) is 6.53. The topological polar surface area (TPSA) is 28.2 Å². The van der Waals surface area contributed by atoms with E-state index in [1.807, 2.05) is 12.4 Å². The Morgan fingerprint density at radius 3 is 2.82 bits per heavy atom. The number of nitrogens with one attached hydrogen (secondary N) is 1. The smallest absolute Gasteiger partial charge is 0.0271 e. The van der Waals surface area contributed by atoms with E-state index in [0.717, 1.165) is 19.6 Å². The molecule has 1 aromatic rings. The Labute approximate surface area is 104 Å². The molecule has 2 heterocycles. The van der Waals surface area contributed by atoms with Gasteiger partial charge in [0.25, 0.3) is 0 Å². The van der Waals surface area contributed by atoms with Crippen molar-refractivity contribution in [3.8, 4) is 0 Å². The molecule has 3 nitrogen and oxygen atoms in total. The fourth-order valence-electron chi connectivity index (χ4n) is 2.38. The standard InChI is InChI=1S/C14H23N3/c1-14(2)6-10-15-7-3-11-17(14)12-13-4-8-16-9-5-13/h4-5,8-9,15H,3,6-7,10-12H2,1-2H3. The molecule has 3 heteroatoms. The summed E-state index contributed by atoms with van der Waals surface area (Å²) < 4.78 is 0. The molecule has 17 heavy (non-hydrogen) atoms. The van der Waals surface area contributed by atoms with Gasteiger partial charge in [-0.1, -0.05) is 0 Å². The van der Waals surface area contributed by atoms with Gasteiger partial charge >= 0.3 is 0 Å². The summed E-state index contributed by atoms with van der Waals surface area (Å²) in [5, 5.41) is 3.49. The predicted molar refractivity (Wildman–Crippen MR) is 70.8 cm³/mol. The molecular formula is C14H23N3. The first-order chi connectivity index (χ1) is 8.18. The summed E-state index contributed by atoms with van der Waals surface area (Å²) >= 11 is 0. The SMILES string of the molecule is CC1(C)CCNCCCN1Cc1ccncc1. The van der Waals surface area contributed by atoms with Gasteiger partial charge in [0.05, 0.1) is 0 Å². The second kappa shape index (κ2) is 5.61. The summed E-state index contributed by atoms with van der Waals surface area (Å²) in [6, 6.07) is 4.24. The van der Waals surface area contributed by atoms with Crippen LogP contribution in [0.5, 0.6) is 0 Å². The largest absolute Gasteiger partial charge is 0.317 e. The van der Waals surface area contributed by atoms with E-state index in [1.54, 1.807) is 0 Å². The lowest BCUT2D eigenvalue weighted by Gasteiger charge is -2.40. The maximum absolute atomic E-state index is 4.08. The van der Waals surface area contributed by atoms with Crippen LogP contribution in [0.15, 0.2) is 24.5 Å². The fourth-order valence-corrected chi connectivity index (χ4v) is 2.38. The monoisotopic (exact) mass is 233 g/mol. The van der Waals surface area contributed by atoms with Crippen molar-refractivity contribution in [2.45, 2.75) is 38.8 Å². The molecule has 1 aliphatic rings. The highest BCUT2D eigenvalue weighted by Crippen LogP contribution is 2.22. The van der Waals surface area contributed by atoms with Crippen LogP contribution in [0.1, 0.15) is 32.3 Å². The van der Waals surface area contributed by atoms with E-state index < -0.39 is 0 Å². The van der Waals surface area contributed by atoms with Crippen molar-refractivity contribution in [1.82, 2.24) is 15.2 Å². The highest BCUT2D eigenvalue weighted by Gasteiger charge is 2.27. The Bertz CT molecular complexity index is 335. The van der Waals surface area contributed by atoms with Gasteiger partial charge in [-0.15, -0.1) is 0 Å². The molecule has 94 valence electrons.